The fourth-order valence-electron chi connectivity index (χ4n) is 1.89. The molecular formula is C13H12FNO. The van der Waals surface area contributed by atoms with Crippen LogP contribution < -0.4 is 5.73 Å². The van der Waals surface area contributed by atoms with Crippen LogP contribution in [0, 0.1) is 5.82 Å². The molecule has 2 unspecified atom stereocenters. The smallest absolute Gasteiger partial charge is 0.134 e. The first-order chi connectivity index (χ1) is 7.74. The fourth-order valence-corrected chi connectivity index (χ4v) is 1.89. The second kappa shape index (κ2) is 3.46. The maximum absolute atomic E-state index is 13.0. The average Bonchev–Trinajstić information content (AvgIpc) is 2.81. The number of halogens is 1. The molecule has 2 N–H and O–H groups in total. The highest BCUT2D eigenvalue weighted by Gasteiger charge is 2.37. The Bertz CT molecular complexity index is 520. The normalized spacial score (nSPS) is 23.4. The van der Waals surface area contributed by atoms with Crippen molar-refractivity contribution in [3.63, 3.8) is 0 Å². The molecule has 82 valence electrons. The van der Waals surface area contributed by atoms with E-state index in [9.17, 15) is 4.39 Å². The highest BCUT2D eigenvalue weighted by molar-refractivity contribution is 5.57. The van der Waals surface area contributed by atoms with Crippen molar-refractivity contribution in [2.75, 3.05) is 0 Å². The van der Waals surface area contributed by atoms with E-state index in [0.29, 0.717) is 11.7 Å². The molecule has 0 saturated heterocycles. The predicted octanol–water partition coefficient (Wildman–Crippen LogP) is 2.90. The number of hydrogen-bond acceptors (Lipinski definition) is 2. The molecule has 16 heavy (non-hydrogen) atoms. The van der Waals surface area contributed by atoms with Crippen LogP contribution in [0.15, 0.2) is 40.8 Å². The summed E-state index contributed by atoms with van der Waals surface area (Å²) in [6, 6.07) is 10.4. The minimum absolute atomic E-state index is 0.228. The number of nitrogens with two attached hydrogens (primary N) is 1. The maximum Gasteiger partial charge on any atom is 0.134 e. The van der Waals surface area contributed by atoms with E-state index < -0.39 is 0 Å². The van der Waals surface area contributed by atoms with Gasteiger partial charge >= 0.3 is 0 Å². The maximum atomic E-state index is 13.0. The van der Waals surface area contributed by atoms with E-state index in [0.717, 1.165) is 17.7 Å². The van der Waals surface area contributed by atoms with Gasteiger partial charge in [0, 0.05) is 17.5 Å². The second-order valence-electron chi connectivity index (χ2n) is 4.22. The predicted molar refractivity (Wildman–Crippen MR) is 59.4 cm³/mol. The Morgan fingerprint density at radius 3 is 2.75 bits per heavy atom. The molecule has 1 saturated carbocycles. The zero-order chi connectivity index (χ0) is 11.1. The largest absolute Gasteiger partial charge is 0.461 e. The average molecular weight is 217 g/mol. The summed E-state index contributed by atoms with van der Waals surface area (Å²) in [5, 5.41) is 0. The molecule has 1 fully saturated rings. The second-order valence-corrected chi connectivity index (χ2v) is 4.22. The molecule has 2 atom stereocenters. The summed E-state index contributed by atoms with van der Waals surface area (Å²) < 4.78 is 18.7. The van der Waals surface area contributed by atoms with Gasteiger partial charge in [-0.05, 0) is 30.7 Å². The van der Waals surface area contributed by atoms with Gasteiger partial charge in [0.1, 0.15) is 17.3 Å². The van der Waals surface area contributed by atoms with Crippen LogP contribution >= 0.6 is 0 Å². The van der Waals surface area contributed by atoms with Crippen LogP contribution in [-0.4, -0.2) is 6.04 Å². The molecule has 0 aliphatic heterocycles. The van der Waals surface area contributed by atoms with Gasteiger partial charge < -0.3 is 10.2 Å². The Balaban J connectivity index is 1.92. The minimum atomic E-state index is -0.251. The van der Waals surface area contributed by atoms with Gasteiger partial charge in [0.15, 0.2) is 0 Å². The van der Waals surface area contributed by atoms with Gasteiger partial charge in [-0.15, -0.1) is 0 Å². The monoisotopic (exact) mass is 217 g/mol. The molecule has 1 aromatic heterocycles. The van der Waals surface area contributed by atoms with E-state index in [1.807, 2.05) is 18.2 Å². The zero-order valence-corrected chi connectivity index (χ0v) is 8.69. The third-order valence-electron chi connectivity index (χ3n) is 2.94. The standard InChI is InChI=1S/C13H12FNO/c14-9-3-1-2-8(6-9)12-4-5-13(16-12)10-7-11(10)15/h1-6,10-11H,7,15H2. The van der Waals surface area contributed by atoms with Gasteiger partial charge in [-0.1, -0.05) is 12.1 Å². The molecule has 2 aromatic rings. The van der Waals surface area contributed by atoms with Crippen molar-refractivity contribution in [1.29, 1.82) is 0 Å². The van der Waals surface area contributed by atoms with Gasteiger partial charge in [0.05, 0.1) is 0 Å². The van der Waals surface area contributed by atoms with Crippen LogP contribution in [0.25, 0.3) is 11.3 Å². The highest BCUT2D eigenvalue weighted by atomic mass is 19.1. The summed E-state index contributed by atoms with van der Waals surface area (Å²) in [4.78, 5) is 0. The molecule has 1 aliphatic rings. The van der Waals surface area contributed by atoms with E-state index in [4.69, 9.17) is 10.2 Å². The lowest BCUT2D eigenvalue weighted by molar-refractivity contribution is 0.521. The molecule has 0 bridgehead atoms. The van der Waals surface area contributed by atoms with Gasteiger partial charge in [-0.3, -0.25) is 0 Å². The molecular weight excluding hydrogens is 205 g/mol. The molecule has 1 aliphatic carbocycles. The summed E-state index contributed by atoms with van der Waals surface area (Å²) in [6.45, 7) is 0. The van der Waals surface area contributed by atoms with Gasteiger partial charge in [0.2, 0.25) is 0 Å². The fraction of sp³-hybridized carbons (Fsp3) is 0.231. The third kappa shape index (κ3) is 1.63. The first-order valence-electron chi connectivity index (χ1n) is 5.35. The van der Waals surface area contributed by atoms with Gasteiger partial charge in [-0.25, -0.2) is 4.39 Å². The first-order valence-corrected chi connectivity index (χ1v) is 5.35. The minimum Gasteiger partial charge on any atom is -0.461 e. The molecule has 1 heterocycles. The summed E-state index contributed by atoms with van der Waals surface area (Å²) >= 11 is 0. The van der Waals surface area contributed by atoms with Crippen molar-refractivity contribution in [3.05, 3.63) is 48.0 Å². The van der Waals surface area contributed by atoms with Gasteiger partial charge in [-0.2, -0.15) is 0 Å². The SMILES string of the molecule is NC1CC1c1ccc(-c2cccc(F)c2)o1. The van der Waals surface area contributed by atoms with Gasteiger partial charge in [0.25, 0.3) is 0 Å². The van der Waals surface area contributed by atoms with Crippen molar-refractivity contribution in [2.24, 2.45) is 5.73 Å². The number of rotatable bonds is 2. The van der Waals surface area contributed by atoms with Crippen LogP contribution in [0.2, 0.25) is 0 Å². The third-order valence-corrected chi connectivity index (χ3v) is 2.94. The number of hydrogen-bond donors (Lipinski definition) is 1. The lowest BCUT2D eigenvalue weighted by atomic mass is 10.2. The van der Waals surface area contributed by atoms with Crippen molar-refractivity contribution < 1.29 is 8.81 Å². The summed E-state index contributed by atoms with van der Waals surface area (Å²) in [5.74, 6) is 1.71. The van der Waals surface area contributed by atoms with E-state index in [1.165, 1.54) is 12.1 Å². The molecule has 0 radical (unpaired) electrons. The van der Waals surface area contributed by atoms with Crippen molar-refractivity contribution in [3.8, 4) is 11.3 Å². The van der Waals surface area contributed by atoms with E-state index >= 15 is 0 Å². The Hall–Kier alpha value is -1.61. The van der Waals surface area contributed by atoms with Crippen LogP contribution in [0.5, 0.6) is 0 Å². The lowest BCUT2D eigenvalue weighted by Crippen LogP contribution is -2.00. The van der Waals surface area contributed by atoms with Crippen LogP contribution in [-0.2, 0) is 0 Å². The molecule has 1 aromatic carbocycles. The lowest BCUT2D eigenvalue weighted by Gasteiger charge is -1.97. The van der Waals surface area contributed by atoms with E-state index in [2.05, 4.69) is 0 Å². The van der Waals surface area contributed by atoms with Crippen LogP contribution in [0.4, 0.5) is 4.39 Å². The Labute approximate surface area is 92.9 Å². The van der Waals surface area contributed by atoms with Crippen LogP contribution in [0.1, 0.15) is 18.1 Å². The quantitative estimate of drug-likeness (QED) is 0.840. The van der Waals surface area contributed by atoms with Crippen molar-refractivity contribution in [2.45, 2.75) is 18.4 Å². The Morgan fingerprint density at radius 1 is 1.25 bits per heavy atom. The number of furan rings is 1. The first kappa shape index (κ1) is 9.60. The highest BCUT2D eigenvalue weighted by Crippen LogP contribution is 2.41. The van der Waals surface area contributed by atoms with E-state index in [-0.39, 0.29) is 11.9 Å². The summed E-state index contributed by atoms with van der Waals surface area (Å²) in [6.07, 6.45) is 0.982. The van der Waals surface area contributed by atoms with Crippen molar-refractivity contribution >= 4 is 0 Å². The van der Waals surface area contributed by atoms with E-state index in [1.54, 1.807) is 6.07 Å². The summed E-state index contributed by atoms with van der Waals surface area (Å²) in [7, 11) is 0. The van der Waals surface area contributed by atoms with Crippen LogP contribution in [0.3, 0.4) is 0 Å². The Morgan fingerprint density at radius 2 is 2.06 bits per heavy atom. The number of benzene rings is 1. The zero-order valence-electron chi connectivity index (χ0n) is 8.69. The molecule has 0 amide bonds. The topological polar surface area (TPSA) is 39.2 Å². The molecule has 0 spiro atoms. The Kier molecular flexibility index (Phi) is 2.07. The molecule has 3 rings (SSSR count). The molecule has 3 heteroatoms. The molecule has 2 nitrogen and oxygen atoms in total. The summed E-state index contributed by atoms with van der Waals surface area (Å²) in [5.41, 5.74) is 6.51. The van der Waals surface area contributed by atoms with Crippen molar-refractivity contribution in [1.82, 2.24) is 0 Å².